The molecule has 2 unspecified atom stereocenters. The fourth-order valence-electron chi connectivity index (χ4n) is 3.80. The van der Waals surface area contributed by atoms with Crippen LogP contribution in [0.1, 0.15) is 24.8 Å². The SMILES string of the molecule is O=[N+]([O-])c1ccccc1S(=O)(=O)N1CC1(CO[C@H]1CCCCO1)c1cc(Br)ccc1F. The number of ether oxygens (including phenoxy) is 2. The molecule has 0 saturated carbocycles. The van der Waals surface area contributed by atoms with Crippen LogP contribution in [-0.4, -0.2) is 43.7 Å². The van der Waals surface area contributed by atoms with Crippen molar-refractivity contribution in [3.63, 3.8) is 0 Å². The molecule has 0 amide bonds. The molecule has 2 heterocycles. The molecule has 11 heteroatoms. The second-order valence-electron chi connectivity index (χ2n) is 7.50. The van der Waals surface area contributed by atoms with E-state index in [-0.39, 0.29) is 18.7 Å². The lowest BCUT2D eigenvalue weighted by Gasteiger charge is -2.26. The topological polar surface area (TPSA) is 98.8 Å². The summed E-state index contributed by atoms with van der Waals surface area (Å²) in [5.41, 5.74) is -1.72. The van der Waals surface area contributed by atoms with E-state index in [9.17, 15) is 22.9 Å². The second-order valence-corrected chi connectivity index (χ2v) is 10.2. The van der Waals surface area contributed by atoms with Crippen molar-refractivity contribution < 1.29 is 27.2 Å². The van der Waals surface area contributed by atoms with Crippen LogP contribution in [0.4, 0.5) is 10.1 Å². The maximum absolute atomic E-state index is 14.8. The third-order valence-electron chi connectivity index (χ3n) is 5.48. The summed E-state index contributed by atoms with van der Waals surface area (Å²) >= 11 is 3.30. The summed E-state index contributed by atoms with van der Waals surface area (Å²) in [7, 11) is -4.29. The van der Waals surface area contributed by atoms with Gasteiger partial charge in [-0.1, -0.05) is 28.1 Å². The van der Waals surface area contributed by atoms with Gasteiger partial charge in [-0.3, -0.25) is 10.1 Å². The highest BCUT2D eigenvalue weighted by Crippen LogP contribution is 2.49. The van der Waals surface area contributed by atoms with E-state index in [4.69, 9.17) is 9.47 Å². The van der Waals surface area contributed by atoms with Gasteiger partial charge in [0.1, 0.15) is 11.4 Å². The smallest absolute Gasteiger partial charge is 0.289 e. The molecular weight excluding hydrogens is 495 g/mol. The maximum atomic E-state index is 14.8. The lowest BCUT2D eigenvalue weighted by atomic mass is 9.99. The number of hydrogen-bond acceptors (Lipinski definition) is 6. The van der Waals surface area contributed by atoms with E-state index < -0.39 is 43.2 Å². The predicted molar refractivity (Wildman–Crippen MR) is 112 cm³/mol. The first-order valence-corrected chi connectivity index (χ1v) is 11.9. The van der Waals surface area contributed by atoms with Crippen LogP contribution in [0.2, 0.25) is 0 Å². The van der Waals surface area contributed by atoms with Crippen LogP contribution in [0.25, 0.3) is 0 Å². The van der Waals surface area contributed by atoms with Gasteiger partial charge in [-0.2, -0.15) is 4.31 Å². The van der Waals surface area contributed by atoms with Gasteiger partial charge in [0.05, 0.1) is 11.5 Å². The number of sulfonamides is 1. The molecular formula is C20H20BrFN2O6S. The molecule has 0 radical (unpaired) electrons. The molecule has 0 bridgehead atoms. The molecule has 8 nitrogen and oxygen atoms in total. The largest absolute Gasteiger partial charge is 0.353 e. The third-order valence-corrected chi connectivity index (χ3v) is 7.94. The van der Waals surface area contributed by atoms with Crippen molar-refractivity contribution in [1.82, 2.24) is 4.31 Å². The Morgan fingerprint density at radius 1 is 1.29 bits per heavy atom. The van der Waals surface area contributed by atoms with Crippen molar-refractivity contribution in [2.45, 2.75) is 36.0 Å². The van der Waals surface area contributed by atoms with E-state index >= 15 is 0 Å². The highest BCUT2D eigenvalue weighted by molar-refractivity contribution is 9.10. The summed E-state index contributed by atoms with van der Waals surface area (Å²) in [4.78, 5) is 10.2. The highest BCUT2D eigenvalue weighted by Gasteiger charge is 2.62. The number of benzene rings is 2. The number of nitro benzene ring substituents is 1. The van der Waals surface area contributed by atoms with Gasteiger partial charge in [-0.25, -0.2) is 12.8 Å². The molecule has 2 aliphatic heterocycles. The number of nitrogens with zero attached hydrogens (tertiary/aromatic N) is 2. The van der Waals surface area contributed by atoms with Gasteiger partial charge in [-0.05, 0) is 43.5 Å². The molecule has 0 aromatic heterocycles. The Hall–Kier alpha value is -1.92. The van der Waals surface area contributed by atoms with Gasteiger partial charge in [-0.15, -0.1) is 0 Å². The van der Waals surface area contributed by atoms with Crippen molar-refractivity contribution in [2.75, 3.05) is 19.8 Å². The molecule has 2 aromatic rings. The molecule has 2 fully saturated rings. The van der Waals surface area contributed by atoms with Crippen LogP contribution in [0.15, 0.2) is 51.8 Å². The monoisotopic (exact) mass is 514 g/mol. The minimum Gasteiger partial charge on any atom is -0.353 e. The highest BCUT2D eigenvalue weighted by atomic mass is 79.9. The fraction of sp³-hybridized carbons (Fsp3) is 0.400. The number of hydrogen-bond donors (Lipinski definition) is 0. The Morgan fingerprint density at radius 3 is 2.77 bits per heavy atom. The van der Waals surface area contributed by atoms with Crippen molar-refractivity contribution in [3.8, 4) is 0 Å². The van der Waals surface area contributed by atoms with Gasteiger partial charge in [0.15, 0.2) is 11.2 Å². The quantitative estimate of drug-likeness (QED) is 0.315. The lowest BCUT2D eigenvalue weighted by Crippen LogP contribution is -2.32. The van der Waals surface area contributed by atoms with Gasteiger partial charge >= 0.3 is 0 Å². The summed E-state index contributed by atoms with van der Waals surface area (Å²) in [6, 6.07) is 9.38. The minimum atomic E-state index is -4.29. The predicted octanol–water partition coefficient (Wildman–Crippen LogP) is 3.94. The first-order chi connectivity index (χ1) is 14.8. The molecule has 0 spiro atoms. The molecule has 2 saturated heterocycles. The van der Waals surface area contributed by atoms with E-state index in [0.29, 0.717) is 17.5 Å². The standard InChI is InChI=1S/C20H20BrFN2O6S/c21-14-8-9-16(22)15(11-14)20(13-30-19-7-3-4-10-29-19)12-23(20)31(27,28)18-6-2-1-5-17(18)24(25)26/h1-2,5-6,8-9,11,19H,3-4,7,10,12-13H2/t19-,20?,23?/m0/s1. The van der Waals surface area contributed by atoms with E-state index in [1.165, 1.54) is 36.4 Å². The summed E-state index contributed by atoms with van der Waals surface area (Å²) in [5, 5.41) is 11.4. The van der Waals surface area contributed by atoms with Crippen molar-refractivity contribution >= 4 is 31.6 Å². The summed E-state index contributed by atoms with van der Waals surface area (Å²) in [5.74, 6) is -0.586. The molecule has 2 aromatic carbocycles. The van der Waals surface area contributed by atoms with Crippen LogP contribution in [0.5, 0.6) is 0 Å². The molecule has 3 atom stereocenters. The van der Waals surface area contributed by atoms with E-state index in [1.807, 2.05) is 0 Å². The van der Waals surface area contributed by atoms with Crippen LogP contribution >= 0.6 is 15.9 Å². The van der Waals surface area contributed by atoms with Crippen molar-refractivity contribution in [2.24, 2.45) is 0 Å². The molecule has 166 valence electrons. The summed E-state index contributed by atoms with van der Waals surface area (Å²) < 4.78 is 54.6. The van der Waals surface area contributed by atoms with E-state index in [0.717, 1.165) is 23.2 Å². The normalized spacial score (nSPS) is 25.9. The van der Waals surface area contributed by atoms with Crippen LogP contribution in [0, 0.1) is 15.9 Å². The van der Waals surface area contributed by atoms with Crippen LogP contribution < -0.4 is 0 Å². The van der Waals surface area contributed by atoms with E-state index in [1.54, 1.807) is 0 Å². The molecule has 2 aliphatic rings. The Labute approximate surface area is 187 Å². The number of nitro groups is 1. The Bertz CT molecular complexity index is 1110. The lowest BCUT2D eigenvalue weighted by molar-refractivity contribution is -0.387. The van der Waals surface area contributed by atoms with Crippen molar-refractivity contribution in [1.29, 1.82) is 0 Å². The fourth-order valence-corrected chi connectivity index (χ4v) is 6.06. The molecule has 0 N–H and O–H groups in total. The van der Waals surface area contributed by atoms with E-state index in [2.05, 4.69) is 15.9 Å². The summed E-state index contributed by atoms with van der Waals surface area (Å²) in [6.07, 6.45) is 2.00. The Balaban J connectivity index is 1.72. The first kappa shape index (κ1) is 22.3. The molecule has 31 heavy (non-hydrogen) atoms. The van der Waals surface area contributed by atoms with Crippen LogP contribution in [0.3, 0.4) is 0 Å². The Morgan fingerprint density at radius 2 is 2.06 bits per heavy atom. The zero-order chi connectivity index (χ0) is 22.2. The van der Waals surface area contributed by atoms with Crippen LogP contribution in [-0.2, 0) is 25.0 Å². The number of rotatable bonds is 7. The number of halogens is 2. The zero-order valence-corrected chi connectivity index (χ0v) is 18.8. The average molecular weight is 515 g/mol. The third kappa shape index (κ3) is 4.24. The molecule has 0 aliphatic carbocycles. The minimum absolute atomic E-state index is 0.0680. The maximum Gasteiger partial charge on any atom is 0.289 e. The van der Waals surface area contributed by atoms with Gasteiger partial charge < -0.3 is 9.47 Å². The average Bonchev–Trinajstić information content (AvgIpc) is 3.51. The Kier molecular flexibility index (Phi) is 6.14. The number of para-hydroxylation sites is 1. The van der Waals surface area contributed by atoms with Crippen molar-refractivity contribution in [3.05, 3.63) is 68.4 Å². The zero-order valence-electron chi connectivity index (χ0n) is 16.4. The molecule has 4 rings (SSSR count). The second kappa shape index (κ2) is 8.55. The first-order valence-electron chi connectivity index (χ1n) is 9.71. The van der Waals surface area contributed by atoms with Gasteiger partial charge in [0.25, 0.3) is 15.7 Å². The summed E-state index contributed by atoms with van der Waals surface area (Å²) in [6.45, 7) is 0.341. The van der Waals surface area contributed by atoms with Gasteiger partial charge in [0.2, 0.25) is 0 Å². The van der Waals surface area contributed by atoms with Gasteiger partial charge in [0, 0.05) is 29.3 Å².